The topological polar surface area (TPSA) is 95.3 Å². The summed E-state index contributed by atoms with van der Waals surface area (Å²) < 4.78 is 12.8. The van der Waals surface area contributed by atoms with Gasteiger partial charge in [-0.25, -0.2) is 4.98 Å². The zero-order valence-electron chi connectivity index (χ0n) is 18.7. The number of carbonyl (C=O) groups excluding carboxylic acids is 1. The molecule has 1 aliphatic heterocycles. The molecule has 3 heterocycles. The van der Waals surface area contributed by atoms with E-state index in [0.29, 0.717) is 30.3 Å². The first-order valence-electron chi connectivity index (χ1n) is 11.1. The summed E-state index contributed by atoms with van der Waals surface area (Å²) >= 11 is 0. The molecule has 9 nitrogen and oxygen atoms in total. The second kappa shape index (κ2) is 9.70. The Labute approximate surface area is 197 Å². The summed E-state index contributed by atoms with van der Waals surface area (Å²) in [5.41, 5.74) is 2.39. The zero-order chi connectivity index (χ0) is 23.3. The lowest BCUT2D eigenvalue weighted by Crippen LogP contribution is -2.38. The monoisotopic (exact) mass is 456 g/mol. The SMILES string of the molecule is COc1ccc(Oc2cncc(C3CCN(C(=O)c4cccc(-n5cnnc5)c4)CC3)n2)cc1. The minimum Gasteiger partial charge on any atom is -0.497 e. The van der Waals surface area contributed by atoms with E-state index in [1.807, 2.05) is 53.4 Å². The van der Waals surface area contributed by atoms with Gasteiger partial charge in [-0.3, -0.25) is 14.3 Å². The Balaban J connectivity index is 1.22. The molecular formula is C25H24N6O3. The van der Waals surface area contributed by atoms with E-state index in [4.69, 9.17) is 9.47 Å². The number of methoxy groups -OCH3 is 1. The highest BCUT2D eigenvalue weighted by Crippen LogP contribution is 2.29. The minimum atomic E-state index is 0.0241. The van der Waals surface area contributed by atoms with E-state index >= 15 is 0 Å². The van der Waals surface area contributed by atoms with Crippen LogP contribution < -0.4 is 9.47 Å². The molecule has 1 aliphatic rings. The van der Waals surface area contributed by atoms with E-state index in [-0.39, 0.29) is 11.8 Å². The Morgan fingerprint density at radius 1 is 0.971 bits per heavy atom. The lowest BCUT2D eigenvalue weighted by molar-refractivity contribution is 0.0712. The van der Waals surface area contributed by atoms with Crippen molar-refractivity contribution in [1.82, 2.24) is 29.6 Å². The number of carbonyl (C=O) groups is 1. The molecule has 9 heteroatoms. The summed E-state index contributed by atoms with van der Waals surface area (Å²) in [5, 5.41) is 7.66. The molecule has 0 spiro atoms. The van der Waals surface area contributed by atoms with E-state index in [2.05, 4.69) is 20.2 Å². The summed E-state index contributed by atoms with van der Waals surface area (Å²) in [6.45, 7) is 1.32. The van der Waals surface area contributed by atoms with E-state index in [1.165, 1.54) is 0 Å². The molecule has 2 aromatic carbocycles. The van der Waals surface area contributed by atoms with Gasteiger partial charge in [-0.1, -0.05) is 6.07 Å². The summed E-state index contributed by atoms with van der Waals surface area (Å²) in [7, 11) is 1.62. The zero-order valence-corrected chi connectivity index (χ0v) is 18.7. The first kappa shape index (κ1) is 21.6. The number of aromatic nitrogens is 5. The van der Waals surface area contributed by atoms with Crippen LogP contribution in [-0.4, -0.2) is 55.7 Å². The molecule has 0 atom stereocenters. The number of likely N-dealkylation sites (tertiary alicyclic amines) is 1. The molecule has 2 aromatic heterocycles. The summed E-state index contributed by atoms with van der Waals surface area (Å²) in [4.78, 5) is 24.0. The van der Waals surface area contributed by atoms with Gasteiger partial charge < -0.3 is 14.4 Å². The summed E-state index contributed by atoms with van der Waals surface area (Å²) in [6, 6.07) is 14.8. The third-order valence-corrected chi connectivity index (χ3v) is 5.92. The van der Waals surface area contributed by atoms with E-state index in [1.54, 1.807) is 36.7 Å². The molecule has 1 fully saturated rings. The van der Waals surface area contributed by atoms with Crippen LogP contribution in [0.3, 0.4) is 0 Å². The Kier molecular flexibility index (Phi) is 6.15. The standard InChI is InChI=1S/C25H24N6O3/c1-33-21-5-7-22(8-6-21)34-24-15-26-14-23(29-24)18-9-11-30(12-10-18)25(32)19-3-2-4-20(13-19)31-16-27-28-17-31/h2-8,13-18H,9-12H2,1H3. The van der Waals surface area contributed by atoms with Crippen molar-refractivity contribution in [2.45, 2.75) is 18.8 Å². The van der Waals surface area contributed by atoms with Crippen molar-refractivity contribution in [2.24, 2.45) is 0 Å². The van der Waals surface area contributed by atoms with E-state index in [9.17, 15) is 4.79 Å². The highest BCUT2D eigenvalue weighted by molar-refractivity contribution is 5.94. The van der Waals surface area contributed by atoms with Crippen LogP contribution >= 0.6 is 0 Å². The second-order valence-corrected chi connectivity index (χ2v) is 8.05. The predicted molar refractivity (Wildman–Crippen MR) is 124 cm³/mol. The van der Waals surface area contributed by atoms with Crippen molar-refractivity contribution in [1.29, 1.82) is 0 Å². The van der Waals surface area contributed by atoms with Gasteiger partial charge in [0.05, 0.1) is 19.0 Å². The molecule has 0 saturated carbocycles. The number of hydrogen-bond donors (Lipinski definition) is 0. The Bertz CT molecular complexity index is 1250. The third kappa shape index (κ3) is 4.73. The predicted octanol–water partition coefficient (Wildman–Crippen LogP) is 3.88. The number of hydrogen-bond acceptors (Lipinski definition) is 7. The first-order valence-corrected chi connectivity index (χ1v) is 11.1. The molecule has 0 N–H and O–H groups in total. The maximum Gasteiger partial charge on any atom is 0.253 e. The van der Waals surface area contributed by atoms with Crippen molar-refractivity contribution in [3.8, 4) is 23.1 Å². The van der Waals surface area contributed by atoms with Crippen molar-refractivity contribution in [3.05, 3.63) is 84.8 Å². The molecule has 172 valence electrons. The van der Waals surface area contributed by atoms with Crippen LogP contribution in [-0.2, 0) is 0 Å². The normalized spacial score (nSPS) is 14.1. The molecule has 4 aromatic rings. The highest BCUT2D eigenvalue weighted by Gasteiger charge is 2.26. The first-order chi connectivity index (χ1) is 16.7. The minimum absolute atomic E-state index is 0.0241. The lowest BCUT2D eigenvalue weighted by atomic mass is 9.93. The summed E-state index contributed by atoms with van der Waals surface area (Å²) in [5.74, 6) is 2.13. The van der Waals surface area contributed by atoms with Crippen molar-refractivity contribution >= 4 is 5.91 Å². The average molecular weight is 457 g/mol. The Hall–Kier alpha value is -4.27. The molecule has 1 saturated heterocycles. The third-order valence-electron chi connectivity index (χ3n) is 5.92. The van der Waals surface area contributed by atoms with Crippen LogP contribution in [0.1, 0.15) is 34.8 Å². The summed E-state index contributed by atoms with van der Waals surface area (Å²) in [6.07, 6.45) is 8.25. The largest absolute Gasteiger partial charge is 0.497 e. The van der Waals surface area contributed by atoms with Crippen LogP contribution in [0.2, 0.25) is 0 Å². The molecule has 0 bridgehead atoms. The number of piperidine rings is 1. The Morgan fingerprint density at radius 3 is 2.44 bits per heavy atom. The molecule has 34 heavy (non-hydrogen) atoms. The van der Waals surface area contributed by atoms with E-state index < -0.39 is 0 Å². The molecule has 0 unspecified atom stereocenters. The van der Waals surface area contributed by atoms with Crippen LogP contribution in [0.25, 0.3) is 5.69 Å². The highest BCUT2D eigenvalue weighted by atomic mass is 16.5. The molecule has 1 amide bonds. The lowest BCUT2D eigenvalue weighted by Gasteiger charge is -2.31. The number of rotatable bonds is 6. The van der Waals surface area contributed by atoms with Gasteiger partial charge in [-0.05, 0) is 55.3 Å². The quantitative estimate of drug-likeness (QED) is 0.434. The maximum absolute atomic E-state index is 13.1. The van der Waals surface area contributed by atoms with Gasteiger partial charge in [0.25, 0.3) is 5.91 Å². The number of nitrogens with zero attached hydrogens (tertiary/aromatic N) is 6. The van der Waals surface area contributed by atoms with Crippen LogP contribution in [0.5, 0.6) is 17.4 Å². The van der Waals surface area contributed by atoms with Crippen LogP contribution in [0.15, 0.2) is 73.6 Å². The van der Waals surface area contributed by atoms with Gasteiger partial charge in [0.1, 0.15) is 24.2 Å². The van der Waals surface area contributed by atoms with Crippen LogP contribution in [0, 0.1) is 0 Å². The Morgan fingerprint density at radius 2 is 1.71 bits per heavy atom. The molecular weight excluding hydrogens is 432 g/mol. The van der Waals surface area contributed by atoms with Gasteiger partial charge in [-0.2, -0.15) is 0 Å². The smallest absolute Gasteiger partial charge is 0.253 e. The maximum atomic E-state index is 13.1. The number of amides is 1. The fraction of sp³-hybridized carbons (Fsp3) is 0.240. The fourth-order valence-corrected chi connectivity index (χ4v) is 4.07. The van der Waals surface area contributed by atoms with Gasteiger partial charge in [-0.15, -0.1) is 10.2 Å². The molecule has 5 rings (SSSR count). The van der Waals surface area contributed by atoms with Gasteiger partial charge in [0.15, 0.2) is 0 Å². The van der Waals surface area contributed by atoms with Gasteiger partial charge in [0, 0.05) is 36.5 Å². The van der Waals surface area contributed by atoms with Crippen LogP contribution in [0.4, 0.5) is 0 Å². The van der Waals surface area contributed by atoms with Gasteiger partial charge in [0.2, 0.25) is 5.88 Å². The van der Waals surface area contributed by atoms with E-state index in [0.717, 1.165) is 30.0 Å². The van der Waals surface area contributed by atoms with Crippen molar-refractivity contribution in [2.75, 3.05) is 20.2 Å². The fourth-order valence-electron chi connectivity index (χ4n) is 4.07. The molecule has 0 aliphatic carbocycles. The average Bonchev–Trinajstić information content (AvgIpc) is 3.44. The van der Waals surface area contributed by atoms with Crippen molar-refractivity contribution < 1.29 is 14.3 Å². The molecule has 0 radical (unpaired) electrons. The van der Waals surface area contributed by atoms with Crippen molar-refractivity contribution in [3.63, 3.8) is 0 Å². The number of ether oxygens (including phenoxy) is 2. The second-order valence-electron chi connectivity index (χ2n) is 8.05. The number of benzene rings is 2. The van der Waals surface area contributed by atoms with Gasteiger partial charge >= 0.3 is 0 Å².